The summed E-state index contributed by atoms with van der Waals surface area (Å²) in [7, 11) is 0. The van der Waals surface area contributed by atoms with Crippen molar-refractivity contribution in [3.8, 4) is 0 Å². The van der Waals surface area contributed by atoms with E-state index in [1.54, 1.807) is 0 Å². The van der Waals surface area contributed by atoms with Crippen molar-refractivity contribution in [2.75, 3.05) is 13.1 Å². The van der Waals surface area contributed by atoms with Crippen LogP contribution in [0.15, 0.2) is 0 Å². The zero-order valence-corrected chi connectivity index (χ0v) is 12.4. The van der Waals surface area contributed by atoms with Gasteiger partial charge in [-0.2, -0.15) is 0 Å². The Kier molecular flexibility index (Phi) is 5.26. The molecule has 1 heterocycles. The molecule has 1 aliphatic carbocycles. The quantitative estimate of drug-likeness (QED) is 0.844. The maximum absolute atomic E-state index is 11.3. The number of nitrogens with zero attached hydrogens (tertiary/aromatic N) is 1. The number of rotatable bonds is 4. The highest BCUT2D eigenvalue weighted by molar-refractivity contribution is 5.68. The Morgan fingerprint density at radius 3 is 2.21 bits per heavy atom. The van der Waals surface area contributed by atoms with E-state index in [0.29, 0.717) is 6.42 Å². The summed E-state index contributed by atoms with van der Waals surface area (Å²) in [4.78, 5) is 13.9. The topological polar surface area (TPSA) is 40.5 Å². The van der Waals surface area contributed by atoms with E-state index < -0.39 is 5.97 Å². The summed E-state index contributed by atoms with van der Waals surface area (Å²) in [6.45, 7) is 4.49. The third kappa shape index (κ3) is 3.71. The molecule has 1 N–H and O–H groups in total. The molecule has 0 amide bonds. The predicted molar refractivity (Wildman–Crippen MR) is 77.3 cm³/mol. The summed E-state index contributed by atoms with van der Waals surface area (Å²) < 4.78 is 0. The summed E-state index contributed by atoms with van der Waals surface area (Å²) in [6.07, 6.45) is 11.4. The molecule has 0 bridgehead atoms. The van der Waals surface area contributed by atoms with Gasteiger partial charge in [-0.15, -0.1) is 0 Å². The van der Waals surface area contributed by atoms with E-state index in [9.17, 15) is 9.90 Å². The van der Waals surface area contributed by atoms with Gasteiger partial charge in [-0.3, -0.25) is 9.69 Å². The third-order valence-corrected chi connectivity index (χ3v) is 5.37. The predicted octanol–water partition coefficient (Wildman–Crippen LogP) is 3.68. The zero-order valence-electron chi connectivity index (χ0n) is 12.4. The van der Waals surface area contributed by atoms with Crippen LogP contribution in [0.3, 0.4) is 0 Å². The summed E-state index contributed by atoms with van der Waals surface area (Å²) in [6, 6.07) is 0. The lowest BCUT2D eigenvalue weighted by Gasteiger charge is -2.47. The van der Waals surface area contributed by atoms with Crippen LogP contribution in [0.5, 0.6) is 0 Å². The van der Waals surface area contributed by atoms with Crippen LogP contribution in [0.1, 0.15) is 71.1 Å². The Morgan fingerprint density at radius 1 is 1.16 bits per heavy atom. The van der Waals surface area contributed by atoms with Gasteiger partial charge < -0.3 is 5.11 Å². The number of hydrogen-bond donors (Lipinski definition) is 1. The third-order valence-electron chi connectivity index (χ3n) is 5.37. The Labute approximate surface area is 117 Å². The van der Waals surface area contributed by atoms with Crippen LogP contribution in [0.4, 0.5) is 0 Å². The Hall–Kier alpha value is -0.570. The van der Waals surface area contributed by atoms with Crippen molar-refractivity contribution < 1.29 is 9.90 Å². The first-order chi connectivity index (χ1) is 9.16. The molecule has 19 heavy (non-hydrogen) atoms. The van der Waals surface area contributed by atoms with Crippen molar-refractivity contribution in [2.24, 2.45) is 5.92 Å². The fourth-order valence-electron chi connectivity index (χ4n) is 4.05. The molecule has 0 spiro atoms. The zero-order chi connectivity index (χ0) is 13.7. The molecular formula is C16H29NO2. The highest BCUT2D eigenvalue weighted by Gasteiger charge is 2.41. The summed E-state index contributed by atoms with van der Waals surface area (Å²) in [5.41, 5.74) is -0.0259. The highest BCUT2D eigenvalue weighted by Crippen LogP contribution is 2.41. The van der Waals surface area contributed by atoms with Crippen molar-refractivity contribution in [3.63, 3.8) is 0 Å². The monoisotopic (exact) mass is 267 g/mol. The van der Waals surface area contributed by atoms with E-state index in [4.69, 9.17) is 0 Å². The normalized spacial score (nSPS) is 33.8. The largest absolute Gasteiger partial charge is 0.481 e. The van der Waals surface area contributed by atoms with E-state index in [0.717, 1.165) is 31.8 Å². The van der Waals surface area contributed by atoms with Crippen LogP contribution in [-0.4, -0.2) is 34.6 Å². The van der Waals surface area contributed by atoms with Crippen LogP contribution in [0.2, 0.25) is 0 Å². The van der Waals surface area contributed by atoms with E-state index in [1.807, 2.05) is 0 Å². The van der Waals surface area contributed by atoms with Gasteiger partial charge in [-0.05, 0) is 57.5 Å². The maximum Gasteiger partial charge on any atom is 0.305 e. The average Bonchev–Trinajstić information content (AvgIpc) is 2.68. The smallest absolute Gasteiger partial charge is 0.305 e. The lowest BCUT2D eigenvalue weighted by molar-refractivity contribution is -0.141. The first kappa shape index (κ1) is 14.8. The van der Waals surface area contributed by atoms with E-state index in [1.165, 1.54) is 44.9 Å². The summed E-state index contributed by atoms with van der Waals surface area (Å²) in [5, 5.41) is 9.33. The fraction of sp³-hybridized carbons (Fsp3) is 0.938. The number of likely N-dealkylation sites (tertiary alicyclic amines) is 1. The van der Waals surface area contributed by atoms with Crippen LogP contribution in [0.25, 0.3) is 0 Å². The van der Waals surface area contributed by atoms with Gasteiger partial charge in [0.2, 0.25) is 0 Å². The second kappa shape index (κ2) is 6.74. The summed E-state index contributed by atoms with van der Waals surface area (Å²) >= 11 is 0. The second-order valence-electron chi connectivity index (χ2n) is 6.55. The molecule has 0 aromatic rings. The van der Waals surface area contributed by atoms with Gasteiger partial charge in [0.05, 0.1) is 6.42 Å². The van der Waals surface area contributed by atoms with Crippen LogP contribution >= 0.6 is 0 Å². The summed E-state index contributed by atoms with van der Waals surface area (Å²) in [5.74, 6) is 0.216. The molecule has 0 unspecified atom stereocenters. The lowest BCUT2D eigenvalue weighted by atomic mass is 9.72. The first-order valence-electron chi connectivity index (χ1n) is 8.13. The minimum atomic E-state index is -0.612. The van der Waals surface area contributed by atoms with Gasteiger partial charge in [0, 0.05) is 5.54 Å². The molecule has 2 rings (SSSR count). The van der Waals surface area contributed by atoms with E-state index in [2.05, 4.69) is 11.8 Å². The molecule has 110 valence electrons. The molecule has 3 heteroatoms. The van der Waals surface area contributed by atoms with Gasteiger partial charge >= 0.3 is 5.97 Å². The second-order valence-corrected chi connectivity index (χ2v) is 6.55. The highest BCUT2D eigenvalue weighted by atomic mass is 16.4. The van der Waals surface area contributed by atoms with Gasteiger partial charge in [-0.1, -0.05) is 26.2 Å². The Balaban J connectivity index is 2.07. The number of carbonyl (C=O) groups is 1. The molecule has 3 nitrogen and oxygen atoms in total. The van der Waals surface area contributed by atoms with Crippen molar-refractivity contribution in [3.05, 3.63) is 0 Å². The van der Waals surface area contributed by atoms with E-state index >= 15 is 0 Å². The van der Waals surface area contributed by atoms with Crippen LogP contribution in [-0.2, 0) is 4.79 Å². The number of hydrogen-bond acceptors (Lipinski definition) is 2. The van der Waals surface area contributed by atoms with Crippen LogP contribution in [0, 0.1) is 5.92 Å². The average molecular weight is 267 g/mol. The number of carboxylic acid groups (broad SMARTS) is 1. The standard InChI is InChI=1S/C16H29NO2/c1-2-14-7-9-16(10-8-14,13-15(18)19)17-11-5-3-4-6-12-17/h14H,2-13H2,1H3,(H,18,19). The molecule has 2 aliphatic rings. The molecule has 1 saturated carbocycles. The van der Waals surface area contributed by atoms with Gasteiger partial charge in [0.1, 0.15) is 0 Å². The minimum Gasteiger partial charge on any atom is -0.481 e. The van der Waals surface area contributed by atoms with Crippen molar-refractivity contribution in [2.45, 2.75) is 76.7 Å². The van der Waals surface area contributed by atoms with Gasteiger partial charge in [0.25, 0.3) is 0 Å². The SMILES string of the molecule is CCC1CCC(CC(=O)O)(N2CCCCCC2)CC1. The Bertz CT molecular complexity index is 287. The van der Waals surface area contributed by atoms with E-state index in [-0.39, 0.29) is 5.54 Å². The first-order valence-corrected chi connectivity index (χ1v) is 8.13. The fourth-order valence-corrected chi connectivity index (χ4v) is 4.05. The van der Waals surface area contributed by atoms with Gasteiger partial charge in [0.15, 0.2) is 0 Å². The Morgan fingerprint density at radius 2 is 1.74 bits per heavy atom. The van der Waals surface area contributed by atoms with Crippen molar-refractivity contribution in [1.29, 1.82) is 0 Å². The minimum absolute atomic E-state index is 0.0259. The van der Waals surface area contributed by atoms with Crippen LogP contribution < -0.4 is 0 Å². The molecule has 1 saturated heterocycles. The number of aliphatic carboxylic acids is 1. The number of carboxylic acids is 1. The molecule has 2 fully saturated rings. The molecule has 0 aromatic heterocycles. The van der Waals surface area contributed by atoms with Gasteiger partial charge in [-0.25, -0.2) is 0 Å². The maximum atomic E-state index is 11.3. The molecule has 0 aromatic carbocycles. The lowest BCUT2D eigenvalue weighted by Crippen LogP contribution is -2.52. The van der Waals surface area contributed by atoms with Crippen molar-refractivity contribution in [1.82, 2.24) is 4.90 Å². The molecule has 1 aliphatic heterocycles. The molecular weight excluding hydrogens is 238 g/mol. The molecule has 0 atom stereocenters. The molecule has 0 radical (unpaired) electrons. The van der Waals surface area contributed by atoms with Crippen molar-refractivity contribution >= 4 is 5.97 Å².